The summed E-state index contributed by atoms with van der Waals surface area (Å²) in [7, 11) is 0. The number of aromatic nitrogens is 4. The number of carbonyl (C=O) groups excluding carboxylic acids is 2. The molecule has 0 radical (unpaired) electrons. The molecule has 0 atom stereocenters. The molecule has 0 aliphatic heterocycles. The number of tetrazole rings is 1. The molecule has 3 N–H and O–H groups in total. The quantitative estimate of drug-likeness (QED) is 0.749. The van der Waals surface area contributed by atoms with E-state index in [1.165, 1.54) is 19.1 Å². The molecule has 0 saturated heterocycles. The van der Waals surface area contributed by atoms with Crippen LogP contribution in [0, 0.1) is 5.82 Å². The van der Waals surface area contributed by atoms with Crippen molar-refractivity contribution in [1.29, 1.82) is 0 Å². The molecule has 0 aliphatic carbocycles. The van der Waals surface area contributed by atoms with Gasteiger partial charge in [-0.15, -0.1) is 10.2 Å². The summed E-state index contributed by atoms with van der Waals surface area (Å²) in [6.45, 7) is 1.25. The Kier molecular flexibility index (Phi) is 3.46. The summed E-state index contributed by atoms with van der Waals surface area (Å²) in [6.07, 6.45) is 0. The molecule has 1 aromatic carbocycles. The first kappa shape index (κ1) is 12.6. The van der Waals surface area contributed by atoms with Gasteiger partial charge in [0.05, 0.1) is 5.69 Å². The van der Waals surface area contributed by atoms with Crippen molar-refractivity contribution in [2.24, 2.45) is 0 Å². The van der Waals surface area contributed by atoms with Gasteiger partial charge in [-0.3, -0.25) is 9.59 Å². The number of nitrogens with zero attached hydrogens (tertiary/aromatic N) is 3. The highest BCUT2D eigenvalue weighted by atomic mass is 19.1. The number of aromatic amines is 1. The largest absolute Gasteiger partial charge is 0.324 e. The lowest BCUT2D eigenvalue weighted by molar-refractivity contribution is -0.114. The second kappa shape index (κ2) is 5.21. The smallest absolute Gasteiger partial charge is 0.297 e. The van der Waals surface area contributed by atoms with Crippen LogP contribution in [0.5, 0.6) is 0 Å². The Morgan fingerprint density at radius 2 is 2.11 bits per heavy atom. The van der Waals surface area contributed by atoms with E-state index in [0.717, 1.165) is 6.07 Å². The van der Waals surface area contributed by atoms with E-state index in [1.807, 2.05) is 0 Å². The van der Waals surface area contributed by atoms with Gasteiger partial charge in [-0.05, 0) is 23.4 Å². The summed E-state index contributed by atoms with van der Waals surface area (Å²) in [5, 5.41) is 17.1. The highest BCUT2D eigenvalue weighted by molar-refractivity contribution is 6.01. The molecule has 0 bridgehead atoms. The minimum absolute atomic E-state index is 0.0292. The summed E-state index contributed by atoms with van der Waals surface area (Å²) in [6, 6.07) is 3.75. The summed E-state index contributed by atoms with van der Waals surface area (Å²) < 4.78 is 13.4. The fourth-order valence-corrected chi connectivity index (χ4v) is 1.33. The lowest BCUT2D eigenvalue weighted by Gasteiger charge is -2.07. The molecule has 2 amide bonds. The third-order valence-electron chi connectivity index (χ3n) is 2.08. The number of hydrogen-bond acceptors (Lipinski definition) is 5. The van der Waals surface area contributed by atoms with E-state index in [9.17, 15) is 14.0 Å². The number of halogens is 1. The van der Waals surface area contributed by atoms with Crippen LogP contribution in [0.25, 0.3) is 0 Å². The van der Waals surface area contributed by atoms with Gasteiger partial charge < -0.3 is 10.6 Å². The predicted molar refractivity (Wildman–Crippen MR) is 62.8 cm³/mol. The van der Waals surface area contributed by atoms with Crippen LogP contribution in [-0.4, -0.2) is 32.4 Å². The van der Waals surface area contributed by atoms with Crippen LogP contribution >= 0.6 is 0 Å². The second-order valence-electron chi connectivity index (χ2n) is 3.57. The molecule has 19 heavy (non-hydrogen) atoms. The molecule has 8 nitrogen and oxygen atoms in total. The summed E-state index contributed by atoms with van der Waals surface area (Å²) in [5.41, 5.74) is 0.262. The van der Waals surface area contributed by atoms with Crippen LogP contribution in [0.4, 0.5) is 15.8 Å². The van der Waals surface area contributed by atoms with Crippen molar-refractivity contribution in [3.05, 3.63) is 29.8 Å². The van der Waals surface area contributed by atoms with Crippen molar-refractivity contribution in [1.82, 2.24) is 20.6 Å². The third-order valence-corrected chi connectivity index (χ3v) is 2.08. The van der Waals surface area contributed by atoms with Gasteiger partial charge in [0.2, 0.25) is 5.91 Å². The molecule has 0 unspecified atom stereocenters. The van der Waals surface area contributed by atoms with E-state index in [-0.39, 0.29) is 11.5 Å². The van der Waals surface area contributed by atoms with E-state index >= 15 is 0 Å². The molecule has 0 spiro atoms. The number of anilines is 2. The van der Waals surface area contributed by atoms with Crippen LogP contribution in [0.1, 0.15) is 17.5 Å². The molecule has 1 aromatic heterocycles. The molecule has 0 fully saturated rings. The van der Waals surface area contributed by atoms with Crippen molar-refractivity contribution in [3.8, 4) is 0 Å². The van der Waals surface area contributed by atoms with E-state index in [0.29, 0.717) is 5.69 Å². The maximum atomic E-state index is 13.4. The molecule has 0 aliphatic rings. The molecule has 9 heteroatoms. The van der Waals surface area contributed by atoms with Gasteiger partial charge in [0, 0.05) is 12.6 Å². The number of nitrogens with one attached hydrogen (secondary N) is 3. The Balaban J connectivity index is 2.17. The van der Waals surface area contributed by atoms with Crippen LogP contribution in [-0.2, 0) is 4.79 Å². The number of carbonyl (C=O) groups is 2. The molecular weight excluding hydrogens is 255 g/mol. The molecule has 2 aromatic rings. The van der Waals surface area contributed by atoms with E-state index < -0.39 is 17.6 Å². The van der Waals surface area contributed by atoms with Crippen molar-refractivity contribution in [2.75, 3.05) is 10.6 Å². The minimum Gasteiger partial charge on any atom is -0.324 e. The van der Waals surface area contributed by atoms with Gasteiger partial charge in [-0.25, -0.2) is 4.39 Å². The zero-order valence-electron chi connectivity index (χ0n) is 9.77. The maximum absolute atomic E-state index is 13.4. The van der Waals surface area contributed by atoms with Gasteiger partial charge in [0.15, 0.2) is 0 Å². The molecular formula is C10H9FN6O2. The monoisotopic (exact) mass is 264 g/mol. The standard InChI is InChI=1S/C10H9FN6O2/c1-5(18)12-8-4-6(2-3-7(8)11)13-10(19)9-14-16-17-15-9/h2-4H,1H3,(H,12,18)(H,13,19)(H,14,15,16,17). The predicted octanol–water partition coefficient (Wildman–Crippen LogP) is 0.549. The maximum Gasteiger partial charge on any atom is 0.297 e. The SMILES string of the molecule is CC(=O)Nc1cc(NC(=O)c2nn[nH]n2)ccc1F. The average Bonchev–Trinajstić information content (AvgIpc) is 2.86. The van der Waals surface area contributed by atoms with Crippen molar-refractivity contribution >= 4 is 23.2 Å². The number of hydrogen-bond donors (Lipinski definition) is 3. The van der Waals surface area contributed by atoms with Crippen LogP contribution in [0.15, 0.2) is 18.2 Å². The number of rotatable bonds is 3. The zero-order valence-corrected chi connectivity index (χ0v) is 9.77. The fraction of sp³-hybridized carbons (Fsp3) is 0.100. The van der Waals surface area contributed by atoms with Crippen LogP contribution in [0.2, 0.25) is 0 Å². The summed E-state index contributed by atoms with van der Waals surface area (Å²) in [5.74, 6) is -1.77. The minimum atomic E-state index is -0.604. The highest BCUT2D eigenvalue weighted by Crippen LogP contribution is 2.19. The fourth-order valence-electron chi connectivity index (χ4n) is 1.33. The van der Waals surface area contributed by atoms with Gasteiger partial charge in [0.25, 0.3) is 11.7 Å². The van der Waals surface area contributed by atoms with E-state index in [4.69, 9.17) is 0 Å². The highest BCUT2D eigenvalue weighted by Gasteiger charge is 2.12. The van der Waals surface area contributed by atoms with Crippen molar-refractivity contribution in [3.63, 3.8) is 0 Å². The first-order chi connectivity index (χ1) is 9.06. The molecule has 98 valence electrons. The number of amides is 2. The van der Waals surface area contributed by atoms with Gasteiger partial charge in [-0.2, -0.15) is 5.21 Å². The molecule has 0 saturated carbocycles. The normalized spacial score (nSPS) is 10.0. The van der Waals surface area contributed by atoms with Crippen molar-refractivity contribution < 1.29 is 14.0 Å². The van der Waals surface area contributed by atoms with Gasteiger partial charge in [0.1, 0.15) is 5.82 Å². The molecule has 2 rings (SSSR count). The lowest BCUT2D eigenvalue weighted by Crippen LogP contribution is -2.14. The lowest BCUT2D eigenvalue weighted by atomic mass is 10.2. The Bertz CT molecular complexity index is 612. The Labute approximate surface area is 106 Å². The van der Waals surface area contributed by atoms with E-state index in [2.05, 4.69) is 31.3 Å². The summed E-state index contributed by atoms with van der Waals surface area (Å²) in [4.78, 5) is 22.5. The topological polar surface area (TPSA) is 113 Å². The second-order valence-corrected chi connectivity index (χ2v) is 3.57. The molecule has 1 heterocycles. The average molecular weight is 264 g/mol. The Morgan fingerprint density at radius 3 is 2.74 bits per heavy atom. The number of H-pyrrole nitrogens is 1. The van der Waals surface area contributed by atoms with Crippen LogP contribution in [0.3, 0.4) is 0 Å². The van der Waals surface area contributed by atoms with Gasteiger partial charge >= 0.3 is 0 Å². The summed E-state index contributed by atoms with van der Waals surface area (Å²) >= 11 is 0. The number of benzene rings is 1. The Morgan fingerprint density at radius 1 is 1.32 bits per heavy atom. The first-order valence-electron chi connectivity index (χ1n) is 5.18. The first-order valence-corrected chi connectivity index (χ1v) is 5.18. The zero-order chi connectivity index (χ0) is 13.8. The van der Waals surface area contributed by atoms with Gasteiger partial charge in [-0.1, -0.05) is 0 Å². The Hall–Kier alpha value is -2.84. The van der Waals surface area contributed by atoms with Crippen LogP contribution < -0.4 is 10.6 Å². The van der Waals surface area contributed by atoms with E-state index in [1.54, 1.807) is 0 Å². The third kappa shape index (κ3) is 3.09. The van der Waals surface area contributed by atoms with Crippen molar-refractivity contribution in [2.45, 2.75) is 6.92 Å².